The summed E-state index contributed by atoms with van der Waals surface area (Å²) in [7, 11) is 0. The first-order chi connectivity index (χ1) is 7.45. The second kappa shape index (κ2) is 3.68. The summed E-state index contributed by atoms with van der Waals surface area (Å²) < 4.78 is 0. The van der Waals surface area contributed by atoms with E-state index in [1.54, 1.807) is 0 Å². The van der Waals surface area contributed by atoms with Gasteiger partial charge in [0.2, 0.25) is 0 Å². The maximum absolute atomic E-state index is 3.53. The normalized spacial score (nSPS) is 22.0. The van der Waals surface area contributed by atoms with Crippen LogP contribution in [0.25, 0.3) is 10.9 Å². The minimum atomic E-state index is 0.440. The number of para-hydroxylation sites is 1. The van der Waals surface area contributed by atoms with Crippen LogP contribution < -0.4 is 10.6 Å². The van der Waals surface area contributed by atoms with Crippen molar-refractivity contribution >= 4 is 10.9 Å². The number of hydrogen-bond donors (Lipinski definition) is 3. The van der Waals surface area contributed by atoms with E-state index >= 15 is 0 Å². The first-order valence-electron chi connectivity index (χ1n) is 5.45. The molecule has 1 saturated heterocycles. The number of aromatic nitrogens is 1. The summed E-state index contributed by atoms with van der Waals surface area (Å²) in [5.41, 5.74) is 2.60. The fraction of sp³-hybridized carbons (Fsp3) is 0.333. The Morgan fingerprint density at radius 3 is 2.93 bits per heavy atom. The molecule has 1 aliphatic heterocycles. The highest BCUT2D eigenvalue weighted by Gasteiger charge is 2.17. The molecule has 3 heteroatoms. The summed E-state index contributed by atoms with van der Waals surface area (Å²) in [6.45, 7) is 3.13. The number of rotatable bonds is 1. The van der Waals surface area contributed by atoms with E-state index in [1.165, 1.54) is 16.5 Å². The molecule has 1 aliphatic rings. The lowest BCUT2D eigenvalue weighted by molar-refractivity contribution is 0.432. The van der Waals surface area contributed by atoms with Gasteiger partial charge in [-0.3, -0.25) is 0 Å². The number of piperazine rings is 1. The van der Waals surface area contributed by atoms with Crippen LogP contribution in [0, 0.1) is 0 Å². The van der Waals surface area contributed by atoms with Gasteiger partial charge >= 0.3 is 0 Å². The summed E-state index contributed by atoms with van der Waals surface area (Å²) in [4.78, 5) is 3.32. The Bertz CT molecular complexity index is 455. The van der Waals surface area contributed by atoms with Gasteiger partial charge in [0.25, 0.3) is 0 Å². The van der Waals surface area contributed by atoms with Crippen LogP contribution in [-0.2, 0) is 0 Å². The summed E-state index contributed by atoms with van der Waals surface area (Å²) in [5.74, 6) is 0. The van der Waals surface area contributed by atoms with Crippen molar-refractivity contribution in [2.45, 2.75) is 6.04 Å². The molecule has 1 aromatic heterocycles. The Morgan fingerprint density at radius 2 is 2.07 bits per heavy atom. The molecule has 0 radical (unpaired) electrons. The van der Waals surface area contributed by atoms with E-state index in [9.17, 15) is 0 Å². The Labute approximate surface area is 88.9 Å². The van der Waals surface area contributed by atoms with Crippen LogP contribution in [0.3, 0.4) is 0 Å². The third-order valence-corrected chi connectivity index (χ3v) is 3.04. The topological polar surface area (TPSA) is 39.8 Å². The SMILES string of the molecule is c1ccc2c(C3CNCCN3)c[nH]c2c1. The van der Waals surface area contributed by atoms with Crippen LogP contribution in [-0.4, -0.2) is 24.6 Å². The van der Waals surface area contributed by atoms with Gasteiger partial charge < -0.3 is 15.6 Å². The monoisotopic (exact) mass is 201 g/mol. The van der Waals surface area contributed by atoms with E-state index in [4.69, 9.17) is 0 Å². The molecule has 3 N–H and O–H groups in total. The van der Waals surface area contributed by atoms with Crippen molar-refractivity contribution in [1.82, 2.24) is 15.6 Å². The average molecular weight is 201 g/mol. The summed E-state index contributed by atoms with van der Waals surface area (Å²) in [5, 5.41) is 8.27. The Morgan fingerprint density at radius 1 is 1.13 bits per heavy atom. The first kappa shape index (κ1) is 8.95. The quantitative estimate of drug-likeness (QED) is 0.652. The largest absolute Gasteiger partial charge is 0.361 e. The van der Waals surface area contributed by atoms with E-state index in [1.807, 2.05) is 0 Å². The number of aromatic amines is 1. The van der Waals surface area contributed by atoms with Crippen LogP contribution in [0.15, 0.2) is 30.5 Å². The number of fused-ring (bicyclic) bond motifs is 1. The predicted octanol–water partition coefficient (Wildman–Crippen LogP) is 1.40. The molecule has 1 aromatic carbocycles. The number of H-pyrrole nitrogens is 1. The lowest BCUT2D eigenvalue weighted by Gasteiger charge is -2.24. The van der Waals surface area contributed by atoms with Crippen molar-refractivity contribution in [2.75, 3.05) is 19.6 Å². The van der Waals surface area contributed by atoms with Crippen molar-refractivity contribution < 1.29 is 0 Å². The van der Waals surface area contributed by atoms with E-state index in [0.717, 1.165) is 19.6 Å². The molecule has 1 unspecified atom stereocenters. The molecule has 2 aromatic rings. The van der Waals surface area contributed by atoms with Crippen molar-refractivity contribution in [2.24, 2.45) is 0 Å². The third-order valence-electron chi connectivity index (χ3n) is 3.04. The lowest BCUT2D eigenvalue weighted by Crippen LogP contribution is -2.42. The van der Waals surface area contributed by atoms with E-state index in [0.29, 0.717) is 6.04 Å². The van der Waals surface area contributed by atoms with Gasteiger partial charge in [0.05, 0.1) is 0 Å². The highest BCUT2D eigenvalue weighted by molar-refractivity contribution is 5.83. The molecule has 0 aliphatic carbocycles. The molecule has 3 rings (SSSR count). The molecular formula is C12H15N3. The molecule has 1 atom stereocenters. The molecular weight excluding hydrogens is 186 g/mol. The summed E-state index contributed by atoms with van der Waals surface area (Å²) in [6, 6.07) is 8.90. The van der Waals surface area contributed by atoms with E-state index in [2.05, 4.69) is 46.1 Å². The smallest absolute Gasteiger partial charge is 0.0468 e. The number of hydrogen-bond acceptors (Lipinski definition) is 2. The lowest BCUT2D eigenvalue weighted by atomic mass is 10.0. The third kappa shape index (κ3) is 1.54. The Hall–Kier alpha value is -1.32. The van der Waals surface area contributed by atoms with Crippen LogP contribution in [0.4, 0.5) is 0 Å². The zero-order valence-electron chi connectivity index (χ0n) is 8.59. The molecule has 3 nitrogen and oxygen atoms in total. The fourth-order valence-electron chi connectivity index (χ4n) is 2.26. The molecule has 0 amide bonds. The molecule has 0 bridgehead atoms. The van der Waals surface area contributed by atoms with Gasteiger partial charge in [-0.2, -0.15) is 0 Å². The molecule has 0 spiro atoms. The van der Waals surface area contributed by atoms with Crippen LogP contribution in [0.1, 0.15) is 11.6 Å². The summed E-state index contributed by atoms with van der Waals surface area (Å²) >= 11 is 0. The highest BCUT2D eigenvalue weighted by atomic mass is 15.1. The number of nitrogens with one attached hydrogen (secondary N) is 3. The standard InChI is InChI=1S/C12H15N3/c1-2-4-11-9(3-1)10(7-15-11)12-8-13-5-6-14-12/h1-4,7,12-15H,5-6,8H2. The van der Waals surface area contributed by atoms with Gasteiger partial charge in [-0.05, 0) is 11.6 Å². The Kier molecular flexibility index (Phi) is 2.19. The van der Waals surface area contributed by atoms with Gasteiger partial charge in [0.1, 0.15) is 0 Å². The van der Waals surface area contributed by atoms with Gasteiger partial charge in [-0.25, -0.2) is 0 Å². The Balaban J connectivity index is 2.02. The highest BCUT2D eigenvalue weighted by Crippen LogP contribution is 2.24. The second-order valence-corrected chi connectivity index (χ2v) is 4.00. The zero-order chi connectivity index (χ0) is 10.1. The fourth-order valence-corrected chi connectivity index (χ4v) is 2.26. The van der Waals surface area contributed by atoms with E-state index < -0.39 is 0 Å². The van der Waals surface area contributed by atoms with Crippen LogP contribution in [0.2, 0.25) is 0 Å². The van der Waals surface area contributed by atoms with Crippen LogP contribution in [0.5, 0.6) is 0 Å². The van der Waals surface area contributed by atoms with Gasteiger partial charge in [0.15, 0.2) is 0 Å². The zero-order valence-corrected chi connectivity index (χ0v) is 8.59. The minimum Gasteiger partial charge on any atom is -0.361 e. The molecule has 78 valence electrons. The van der Waals surface area contributed by atoms with E-state index in [-0.39, 0.29) is 0 Å². The average Bonchev–Trinajstić information content (AvgIpc) is 2.74. The maximum Gasteiger partial charge on any atom is 0.0468 e. The predicted molar refractivity (Wildman–Crippen MR) is 61.9 cm³/mol. The van der Waals surface area contributed by atoms with Crippen molar-refractivity contribution in [3.8, 4) is 0 Å². The molecule has 0 saturated carbocycles. The van der Waals surface area contributed by atoms with Crippen LogP contribution >= 0.6 is 0 Å². The van der Waals surface area contributed by atoms with Crippen molar-refractivity contribution in [3.63, 3.8) is 0 Å². The van der Waals surface area contributed by atoms with Crippen molar-refractivity contribution in [3.05, 3.63) is 36.0 Å². The molecule has 1 fully saturated rings. The van der Waals surface area contributed by atoms with Gasteiger partial charge in [-0.15, -0.1) is 0 Å². The minimum absolute atomic E-state index is 0.440. The maximum atomic E-state index is 3.53. The summed E-state index contributed by atoms with van der Waals surface area (Å²) in [6.07, 6.45) is 2.12. The van der Waals surface area contributed by atoms with Gasteiger partial charge in [-0.1, -0.05) is 18.2 Å². The molecule has 15 heavy (non-hydrogen) atoms. The second-order valence-electron chi connectivity index (χ2n) is 4.00. The first-order valence-corrected chi connectivity index (χ1v) is 5.45. The van der Waals surface area contributed by atoms with Gasteiger partial charge in [0, 0.05) is 42.8 Å². The van der Waals surface area contributed by atoms with Crippen molar-refractivity contribution in [1.29, 1.82) is 0 Å². The number of benzene rings is 1. The molecule has 2 heterocycles.